The molecule has 0 aliphatic rings. The predicted molar refractivity (Wildman–Crippen MR) is 65.6 cm³/mol. The maximum atomic E-state index is 13.3. The Kier molecular flexibility index (Phi) is 3.75. The molecule has 0 bridgehead atoms. The first-order valence-corrected chi connectivity index (χ1v) is 5.58. The number of benzene rings is 2. The Morgan fingerprint density at radius 3 is 2.63 bits per heavy atom. The van der Waals surface area contributed by atoms with Gasteiger partial charge in [-0.05, 0) is 30.3 Å². The maximum absolute atomic E-state index is 13.3. The third-order valence-electron chi connectivity index (χ3n) is 2.60. The van der Waals surface area contributed by atoms with Crippen molar-refractivity contribution in [2.75, 3.05) is 0 Å². The fourth-order valence-electron chi connectivity index (χ4n) is 1.62. The molecule has 2 rings (SSSR count). The summed E-state index contributed by atoms with van der Waals surface area (Å²) in [5.41, 5.74) is 0.128. The Balaban J connectivity index is 2.09. The molecule has 0 aliphatic heterocycles. The van der Waals surface area contributed by atoms with Gasteiger partial charge in [0, 0.05) is 12.1 Å². The normalized spacial score (nSPS) is 10.2. The van der Waals surface area contributed by atoms with Crippen molar-refractivity contribution in [2.24, 2.45) is 0 Å². The largest absolute Gasteiger partial charge is 0.507 e. The van der Waals surface area contributed by atoms with Gasteiger partial charge in [0.15, 0.2) is 0 Å². The molecular formula is C14H11F2NO2. The van der Waals surface area contributed by atoms with Crippen LogP contribution in [-0.2, 0) is 6.54 Å². The standard InChI is InChI=1S/C14H11F2NO2/c15-10-5-6-12(16)9(7-10)8-17-14(19)11-3-1-2-4-13(11)18/h1-7,18H,8H2,(H,17,19). The Bertz CT molecular complexity index is 614. The third kappa shape index (κ3) is 3.07. The van der Waals surface area contributed by atoms with E-state index in [0.29, 0.717) is 0 Å². The van der Waals surface area contributed by atoms with E-state index in [4.69, 9.17) is 0 Å². The van der Waals surface area contributed by atoms with Crippen molar-refractivity contribution in [2.45, 2.75) is 6.54 Å². The molecule has 0 fully saturated rings. The second-order valence-electron chi connectivity index (χ2n) is 3.94. The van der Waals surface area contributed by atoms with E-state index in [1.165, 1.54) is 12.1 Å². The number of para-hydroxylation sites is 1. The number of nitrogens with one attached hydrogen (secondary N) is 1. The first kappa shape index (κ1) is 13.0. The number of rotatable bonds is 3. The van der Waals surface area contributed by atoms with Crippen LogP contribution >= 0.6 is 0 Å². The monoisotopic (exact) mass is 263 g/mol. The zero-order valence-corrected chi connectivity index (χ0v) is 9.86. The van der Waals surface area contributed by atoms with Crippen molar-refractivity contribution < 1.29 is 18.7 Å². The van der Waals surface area contributed by atoms with Crippen molar-refractivity contribution in [3.8, 4) is 5.75 Å². The van der Waals surface area contributed by atoms with Gasteiger partial charge in [-0.3, -0.25) is 4.79 Å². The lowest BCUT2D eigenvalue weighted by molar-refractivity contribution is 0.0948. The zero-order chi connectivity index (χ0) is 13.8. The highest BCUT2D eigenvalue weighted by Crippen LogP contribution is 2.15. The number of hydrogen-bond donors (Lipinski definition) is 2. The van der Waals surface area contributed by atoms with Gasteiger partial charge in [0.05, 0.1) is 5.56 Å². The second-order valence-corrected chi connectivity index (χ2v) is 3.94. The number of aromatic hydroxyl groups is 1. The highest BCUT2D eigenvalue weighted by molar-refractivity contribution is 5.96. The Hall–Kier alpha value is -2.43. The molecule has 0 spiro atoms. The molecule has 0 radical (unpaired) electrons. The van der Waals surface area contributed by atoms with Crippen molar-refractivity contribution >= 4 is 5.91 Å². The van der Waals surface area contributed by atoms with Gasteiger partial charge in [-0.2, -0.15) is 0 Å². The van der Waals surface area contributed by atoms with Crippen LogP contribution in [0.25, 0.3) is 0 Å². The fourth-order valence-corrected chi connectivity index (χ4v) is 1.62. The lowest BCUT2D eigenvalue weighted by Gasteiger charge is -2.07. The molecule has 0 saturated heterocycles. The minimum atomic E-state index is -0.598. The molecule has 2 N–H and O–H groups in total. The number of amides is 1. The van der Waals surface area contributed by atoms with E-state index in [0.717, 1.165) is 18.2 Å². The molecule has 19 heavy (non-hydrogen) atoms. The molecule has 0 unspecified atom stereocenters. The van der Waals surface area contributed by atoms with Gasteiger partial charge in [-0.1, -0.05) is 12.1 Å². The second kappa shape index (κ2) is 5.48. The van der Waals surface area contributed by atoms with Gasteiger partial charge in [0.2, 0.25) is 0 Å². The minimum absolute atomic E-state index is 0.0452. The molecule has 2 aromatic rings. The predicted octanol–water partition coefficient (Wildman–Crippen LogP) is 2.60. The molecule has 0 heterocycles. The van der Waals surface area contributed by atoms with E-state index < -0.39 is 17.5 Å². The highest BCUT2D eigenvalue weighted by Gasteiger charge is 2.11. The van der Waals surface area contributed by atoms with E-state index in [1.54, 1.807) is 12.1 Å². The lowest BCUT2D eigenvalue weighted by atomic mass is 10.1. The summed E-state index contributed by atoms with van der Waals surface area (Å²) in [6.07, 6.45) is 0. The van der Waals surface area contributed by atoms with Gasteiger partial charge in [0.1, 0.15) is 17.4 Å². The SMILES string of the molecule is O=C(NCc1cc(F)ccc1F)c1ccccc1O. The van der Waals surface area contributed by atoms with Gasteiger partial charge in [-0.15, -0.1) is 0 Å². The molecule has 0 aliphatic carbocycles. The van der Waals surface area contributed by atoms with Crippen LogP contribution in [0.5, 0.6) is 5.75 Å². The quantitative estimate of drug-likeness (QED) is 0.894. The molecule has 0 aromatic heterocycles. The summed E-state index contributed by atoms with van der Waals surface area (Å²) in [5.74, 6) is -1.89. The van der Waals surface area contributed by atoms with Crippen molar-refractivity contribution in [3.63, 3.8) is 0 Å². The van der Waals surface area contributed by atoms with E-state index in [9.17, 15) is 18.7 Å². The van der Waals surface area contributed by atoms with Crippen LogP contribution in [0.4, 0.5) is 8.78 Å². The van der Waals surface area contributed by atoms with Crippen molar-refractivity contribution in [1.29, 1.82) is 0 Å². The summed E-state index contributed by atoms with van der Waals surface area (Å²) in [6.45, 7) is -0.156. The van der Waals surface area contributed by atoms with Crippen molar-refractivity contribution in [3.05, 3.63) is 65.2 Å². The molecule has 2 aromatic carbocycles. The smallest absolute Gasteiger partial charge is 0.255 e. The maximum Gasteiger partial charge on any atom is 0.255 e. The lowest BCUT2D eigenvalue weighted by Crippen LogP contribution is -2.23. The highest BCUT2D eigenvalue weighted by atomic mass is 19.1. The number of carbonyl (C=O) groups is 1. The summed E-state index contributed by atoms with van der Waals surface area (Å²) in [7, 11) is 0. The van der Waals surface area contributed by atoms with Crippen LogP contribution in [0.15, 0.2) is 42.5 Å². The van der Waals surface area contributed by atoms with Crippen molar-refractivity contribution in [1.82, 2.24) is 5.32 Å². The molecule has 1 amide bonds. The minimum Gasteiger partial charge on any atom is -0.507 e. The topological polar surface area (TPSA) is 49.3 Å². The fraction of sp³-hybridized carbons (Fsp3) is 0.0714. The van der Waals surface area contributed by atoms with Crippen LogP contribution in [0.1, 0.15) is 15.9 Å². The summed E-state index contributed by atoms with van der Waals surface area (Å²) >= 11 is 0. The van der Waals surface area contributed by atoms with E-state index >= 15 is 0 Å². The number of phenolic OH excluding ortho intramolecular Hbond substituents is 1. The molecule has 98 valence electrons. The van der Waals surface area contributed by atoms with Crippen LogP contribution < -0.4 is 5.32 Å². The zero-order valence-electron chi connectivity index (χ0n) is 9.86. The molecule has 3 nitrogen and oxygen atoms in total. The van der Waals surface area contributed by atoms with E-state index in [1.807, 2.05) is 0 Å². The number of hydrogen-bond acceptors (Lipinski definition) is 2. The molecule has 0 saturated carbocycles. The Morgan fingerprint density at radius 1 is 1.16 bits per heavy atom. The number of carbonyl (C=O) groups excluding carboxylic acids is 1. The van der Waals surface area contributed by atoms with Crippen LogP contribution in [0.3, 0.4) is 0 Å². The summed E-state index contributed by atoms with van der Waals surface area (Å²) in [5, 5.41) is 11.9. The number of halogens is 2. The first-order valence-electron chi connectivity index (χ1n) is 5.58. The Morgan fingerprint density at radius 2 is 1.89 bits per heavy atom. The van der Waals surface area contributed by atoms with Crippen LogP contribution in [-0.4, -0.2) is 11.0 Å². The molecule has 5 heteroatoms. The summed E-state index contributed by atoms with van der Waals surface area (Å²) < 4.78 is 26.3. The van der Waals surface area contributed by atoms with E-state index in [2.05, 4.69) is 5.32 Å². The average molecular weight is 263 g/mol. The van der Waals surface area contributed by atoms with E-state index in [-0.39, 0.29) is 23.4 Å². The van der Waals surface area contributed by atoms with Gasteiger partial charge in [-0.25, -0.2) is 8.78 Å². The summed E-state index contributed by atoms with van der Waals surface area (Å²) in [4.78, 5) is 11.7. The van der Waals surface area contributed by atoms with Gasteiger partial charge >= 0.3 is 0 Å². The Labute approximate surface area is 108 Å². The van der Waals surface area contributed by atoms with Crippen LogP contribution in [0.2, 0.25) is 0 Å². The average Bonchev–Trinajstić information content (AvgIpc) is 2.40. The first-order chi connectivity index (χ1) is 9.08. The van der Waals surface area contributed by atoms with Gasteiger partial charge in [0.25, 0.3) is 5.91 Å². The molecular weight excluding hydrogens is 252 g/mol. The molecule has 0 atom stereocenters. The van der Waals surface area contributed by atoms with Gasteiger partial charge < -0.3 is 10.4 Å². The summed E-state index contributed by atoms with van der Waals surface area (Å²) in [6, 6.07) is 9.00. The van der Waals surface area contributed by atoms with Crippen LogP contribution in [0, 0.1) is 11.6 Å². The third-order valence-corrected chi connectivity index (χ3v) is 2.60. The number of phenols is 1.